The molecule has 0 aliphatic heterocycles. The van der Waals surface area contributed by atoms with Crippen LogP contribution >= 0.6 is 0 Å². The summed E-state index contributed by atoms with van der Waals surface area (Å²) in [4.78, 5) is 7.92. The highest BCUT2D eigenvalue weighted by molar-refractivity contribution is 5.46. The lowest BCUT2D eigenvalue weighted by atomic mass is 10.3. The van der Waals surface area contributed by atoms with Crippen molar-refractivity contribution in [2.75, 3.05) is 6.54 Å². The number of nitrogens with zero attached hydrogens (tertiary/aromatic N) is 6. The van der Waals surface area contributed by atoms with Gasteiger partial charge in [-0.3, -0.25) is 0 Å². The molecule has 2 rings (SSSR count). The molecule has 0 saturated heterocycles. The van der Waals surface area contributed by atoms with Crippen LogP contribution in [0.15, 0.2) is 18.6 Å². The number of hydrogen-bond acceptors (Lipinski definition) is 6. The summed E-state index contributed by atoms with van der Waals surface area (Å²) in [6, 6.07) is 1.77. The molecule has 0 radical (unpaired) electrons. The van der Waals surface area contributed by atoms with Crippen molar-refractivity contribution in [3.05, 3.63) is 18.6 Å². The van der Waals surface area contributed by atoms with E-state index in [1.165, 1.54) is 6.33 Å². The third-order valence-electron chi connectivity index (χ3n) is 1.92. The van der Waals surface area contributed by atoms with Gasteiger partial charge in [0.15, 0.2) is 0 Å². The fraction of sp³-hybridized carbons (Fsp3) is 0.375. The van der Waals surface area contributed by atoms with E-state index in [4.69, 9.17) is 5.73 Å². The fourth-order valence-corrected chi connectivity index (χ4v) is 1.20. The van der Waals surface area contributed by atoms with E-state index in [0.29, 0.717) is 24.6 Å². The van der Waals surface area contributed by atoms with Crippen LogP contribution in [0, 0.1) is 0 Å². The maximum Gasteiger partial charge on any atom is 0.200 e. The van der Waals surface area contributed by atoms with E-state index in [1.807, 2.05) is 0 Å². The summed E-state index contributed by atoms with van der Waals surface area (Å²) in [6.07, 6.45) is 3.96. The zero-order chi connectivity index (χ0) is 10.5. The van der Waals surface area contributed by atoms with Gasteiger partial charge in [0.25, 0.3) is 0 Å². The molecular weight excluding hydrogens is 194 g/mol. The minimum atomic E-state index is 0.614. The molecule has 0 fully saturated rings. The van der Waals surface area contributed by atoms with Gasteiger partial charge in [0.2, 0.25) is 5.82 Å². The van der Waals surface area contributed by atoms with Crippen molar-refractivity contribution in [3.63, 3.8) is 0 Å². The highest BCUT2D eigenvalue weighted by Crippen LogP contribution is 2.10. The van der Waals surface area contributed by atoms with E-state index in [-0.39, 0.29) is 0 Å². The quantitative estimate of drug-likeness (QED) is 0.721. The summed E-state index contributed by atoms with van der Waals surface area (Å²) < 4.78 is 1.69. The van der Waals surface area contributed by atoms with Crippen LogP contribution in [0.3, 0.4) is 0 Å². The topological polar surface area (TPSA) is 95.4 Å². The molecule has 2 heterocycles. The molecule has 0 unspecified atom stereocenters. The Labute approximate surface area is 86.3 Å². The number of nitrogens with two attached hydrogens (primary N) is 1. The molecule has 0 atom stereocenters. The van der Waals surface area contributed by atoms with Crippen molar-refractivity contribution in [1.29, 1.82) is 0 Å². The lowest BCUT2D eigenvalue weighted by molar-refractivity contribution is 0.568. The minimum Gasteiger partial charge on any atom is -0.330 e. The third kappa shape index (κ3) is 2.13. The molecule has 2 aromatic rings. The molecule has 2 aromatic heterocycles. The average molecular weight is 205 g/mol. The van der Waals surface area contributed by atoms with Crippen LogP contribution in [0.1, 0.15) is 6.42 Å². The van der Waals surface area contributed by atoms with Gasteiger partial charge in [-0.15, -0.1) is 5.10 Å². The molecule has 0 saturated carbocycles. The Balaban J connectivity index is 2.25. The first-order valence-corrected chi connectivity index (χ1v) is 4.64. The lowest BCUT2D eigenvalue weighted by Gasteiger charge is -2.01. The maximum absolute atomic E-state index is 5.43. The first-order valence-electron chi connectivity index (χ1n) is 4.64. The third-order valence-corrected chi connectivity index (χ3v) is 1.92. The molecular formula is C8H11N7. The van der Waals surface area contributed by atoms with Gasteiger partial charge < -0.3 is 5.73 Å². The van der Waals surface area contributed by atoms with Crippen molar-refractivity contribution in [1.82, 2.24) is 30.2 Å². The number of aryl methyl sites for hydroxylation is 1. The predicted octanol–water partition coefficient (Wildman–Crippen LogP) is -0.521. The molecule has 0 spiro atoms. The van der Waals surface area contributed by atoms with E-state index in [2.05, 4.69) is 25.5 Å². The van der Waals surface area contributed by atoms with E-state index in [1.54, 1.807) is 16.9 Å². The molecule has 0 amide bonds. The first kappa shape index (κ1) is 9.66. The van der Waals surface area contributed by atoms with Crippen molar-refractivity contribution in [2.24, 2.45) is 5.73 Å². The SMILES string of the molecule is NCCCn1nnnc1-c1ccncn1. The Kier molecular flexibility index (Phi) is 2.93. The van der Waals surface area contributed by atoms with Gasteiger partial charge >= 0.3 is 0 Å². The van der Waals surface area contributed by atoms with Crippen LogP contribution in [-0.2, 0) is 6.54 Å². The smallest absolute Gasteiger partial charge is 0.200 e. The largest absolute Gasteiger partial charge is 0.330 e. The van der Waals surface area contributed by atoms with Crippen LogP contribution in [0.25, 0.3) is 11.5 Å². The Morgan fingerprint density at radius 1 is 1.40 bits per heavy atom. The normalized spacial score (nSPS) is 10.5. The molecule has 0 aromatic carbocycles. The van der Waals surface area contributed by atoms with Crippen molar-refractivity contribution >= 4 is 0 Å². The number of aromatic nitrogens is 6. The zero-order valence-corrected chi connectivity index (χ0v) is 8.11. The summed E-state index contributed by atoms with van der Waals surface area (Å²) >= 11 is 0. The molecule has 0 bridgehead atoms. The van der Waals surface area contributed by atoms with E-state index >= 15 is 0 Å². The second-order valence-electron chi connectivity index (χ2n) is 2.96. The van der Waals surface area contributed by atoms with Crippen LogP contribution in [-0.4, -0.2) is 36.7 Å². The van der Waals surface area contributed by atoms with Gasteiger partial charge in [-0.1, -0.05) is 0 Å². The average Bonchev–Trinajstić information content (AvgIpc) is 2.75. The Bertz CT molecular complexity index is 410. The van der Waals surface area contributed by atoms with Gasteiger partial charge in [0, 0.05) is 12.7 Å². The molecule has 2 N–H and O–H groups in total. The fourth-order valence-electron chi connectivity index (χ4n) is 1.20. The van der Waals surface area contributed by atoms with Crippen LogP contribution < -0.4 is 5.73 Å². The van der Waals surface area contributed by atoms with Crippen LogP contribution in [0.5, 0.6) is 0 Å². The lowest BCUT2D eigenvalue weighted by Crippen LogP contribution is -2.08. The maximum atomic E-state index is 5.43. The van der Waals surface area contributed by atoms with Gasteiger partial charge in [0.05, 0.1) is 0 Å². The van der Waals surface area contributed by atoms with Gasteiger partial charge in [-0.25, -0.2) is 14.6 Å². The second kappa shape index (κ2) is 4.56. The van der Waals surface area contributed by atoms with Gasteiger partial charge in [0.1, 0.15) is 12.0 Å². The van der Waals surface area contributed by atoms with Crippen molar-refractivity contribution in [3.8, 4) is 11.5 Å². The summed E-state index contributed by atoms with van der Waals surface area (Å²) in [5.74, 6) is 0.644. The zero-order valence-electron chi connectivity index (χ0n) is 8.11. The first-order chi connectivity index (χ1) is 7.42. The summed E-state index contributed by atoms with van der Waals surface area (Å²) in [7, 11) is 0. The minimum absolute atomic E-state index is 0.614. The molecule has 15 heavy (non-hydrogen) atoms. The van der Waals surface area contributed by atoms with Crippen molar-refractivity contribution in [2.45, 2.75) is 13.0 Å². The second-order valence-corrected chi connectivity index (χ2v) is 2.96. The van der Waals surface area contributed by atoms with Gasteiger partial charge in [-0.05, 0) is 29.5 Å². The monoisotopic (exact) mass is 205 g/mol. The van der Waals surface area contributed by atoms with E-state index in [0.717, 1.165) is 6.42 Å². The van der Waals surface area contributed by atoms with Crippen LogP contribution in [0.2, 0.25) is 0 Å². The number of rotatable bonds is 4. The Morgan fingerprint density at radius 3 is 3.07 bits per heavy atom. The molecule has 0 aliphatic carbocycles. The molecule has 78 valence electrons. The molecule has 7 heteroatoms. The number of tetrazole rings is 1. The standard InChI is InChI=1S/C8H11N7/c9-3-1-5-15-8(12-13-14-15)7-2-4-10-6-11-7/h2,4,6H,1,3,5,9H2. The van der Waals surface area contributed by atoms with Crippen LogP contribution in [0.4, 0.5) is 0 Å². The molecule has 7 nitrogen and oxygen atoms in total. The Hall–Kier alpha value is -1.89. The Morgan fingerprint density at radius 2 is 2.33 bits per heavy atom. The predicted molar refractivity (Wildman–Crippen MR) is 52.5 cm³/mol. The summed E-state index contributed by atoms with van der Waals surface area (Å²) in [5.41, 5.74) is 6.14. The molecule has 0 aliphatic rings. The van der Waals surface area contributed by atoms with E-state index in [9.17, 15) is 0 Å². The van der Waals surface area contributed by atoms with Crippen molar-refractivity contribution < 1.29 is 0 Å². The summed E-state index contributed by atoms with van der Waals surface area (Å²) in [6.45, 7) is 1.31. The van der Waals surface area contributed by atoms with Gasteiger partial charge in [-0.2, -0.15) is 0 Å². The number of hydrogen-bond donors (Lipinski definition) is 1. The van der Waals surface area contributed by atoms with E-state index < -0.39 is 0 Å². The highest BCUT2D eigenvalue weighted by atomic mass is 15.5. The summed E-state index contributed by atoms with van der Waals surface area (Å²) in [5, 5.41) is 11.4. The highest BCUT2D eigenvalue weighted by Gasteiger charge is 2.08.